The van der Waals surface area contributed by atoms with E-state index in [9.17, 15) is 0 Å². The fourth-order valence-electron chi connectivity index (χ4n) is 1.93. The first-order chi connectivity index (χ1) is 11.3. The van der Waals surface area contributed by atoms with Gasteiger partial charge in [-0.15, -0.1) is 10.2 Å². The van der Waals surface area contributed by atoms with Crippen molar-refractivity contribution in [1.29, 1.82) is 0 Å². The number of para-hydroxylation sites is 1. The van der Waals surface area contributed by atoms with E-state index >= 15 is 0 Å². The van der Waals surface area contributed by atoms with Crippen LogP contribution >= 0.6 is 0 Å². The Morgan fingerprint density at radius 3 is 2.17 bits per heavy atom. The van der Waals surface area contributed by atoms with E-state index in [1.54, 1.807) is 0 Å². The number of pyridine rings is 1. The Morgan fingerprint density at radius 2 is 1.58 bits per heavy atom. The predicted octanol–water partition coefficient (Wildman–Crippen LogP) is -2.52. The van der Waals surface area contributed by atoms with Crippen molar-refractivity contribution in [3.8, 4) is 0 Å². The van der Waals surface area contributed by atoms with E-state index in [0.29, 0.717) is 6.61 Å². The van der Waals surface area contributed by atoms with Crippen LogP contribution in [0.3, 0.4) is 0 Å². The van der Waals surface area contributed by atoms with Gasteiger partial charge in [-0.3, -0.25) is 4.84 Å². The second-order valence-corrected chi connectivity index (χ2v) is 5.75. The predicted molar refractivity (Wildman–Crippen MR) is 77.2 cm³/mol. The molecule has 7 nitrogen and oxygen atoms in total. The smallest absolute Gasteiger partial charge is 0.231 e. The molecule has 1 aromatic carbocycles. The van der Waals surface area contributed by atoms with E-state index in [1.165, 1.54) is 5.69 Å². The third-order valence-electron chi connectivity index (χ3n) is 3.08. The van der Waals surface area contributed by atoms with E-state index in [0.717, 1.165) is 18.7 Å². The van der Waals surface area contributed by atoms with Gasteiger partial charge in [-0.1, -0.05) is 18.2 Å². The van der Waals surface area contributed by atoms with Crippen LogP contribution in [-0.4, -0.2) is 20.2 Å². The molecule has 1 aromatic heterocycles. The third-order valence-corrected chi connectivity index (χ3v) is 3.08. The van der Waals surface area contributed by atoms with Gasteiger partial charge in [-0.25, -0.2) is 18.6 Å². The molecule has 0 atom stereocenters. The van der Waals surface area contributed by atoms with Crippen LogP contribution < -0.4 is 33.1 Å². The van der Waals surface area contributed by atoms with Gasteiger partial charge < -0.3 is 4.90 Å². The molecule has 2 aromatic rings. The lowest BCUT2D eigenvalue weighted by atomic mass is 10.3. The summed E-state index contributed by atoms with van der Waals surface area (Å²) in [4.78, 5) is 7.95. The summed E-state index contributed by atoms with van der Waals surface area (Å²) in [6, 6.07) is 16.4. The van der Waals surface area contributed by atoms with Gasteiger partial charge in [0.25, 0.3) is 0 Å². The van der Waals surface area contributed by atoms with Gasteiger partial charge in [-0.2, -0.15) is 0 Å². The quantitative estimate of drug-likeness (QED) is 0.417. The number of nitrogens with zero attached hydrogens (tertiary/aromatic N) is 2. The van der Waals surface area contributed by atoms with Crippen molar-refractivity contribution in [3.63, 3.8) is 0 Å². The molecule has 0 bridgehead atoms. The largest absolute Gasteiger partial charge is 0.374 e. The number of aromatic nitrogens is 1. The maximum absolute atomic E-state index is 8.49. The molecule has 0 saturated heterocycles. The fourth-order valence-corrected chi connectivity index (χ4v) is 1.93. The number of hydrogen-bond acceptors (Lipinski definition) is 6. The molecule has 8 heteroatoms. The van der Waals surface area contributed by atoms with Gasteiger partial charge in [-0.05, 0) is 18.2 Å². The first kappa shape index (κ1) is 20.1. The maximum atomic E-state index is 8.49. The van der Waals surface area contributed by atoms with Gasteiger partial charge in [0.15, 0.2) is 6.61 Å². The fraction of sp³-hybridized carbons (Fsp3) is 0.312. The summed E-state index contributed by atoms with van der Waals surface area (Å²) >= 11 is 0. The first-order valence-electron chi connectivity index (χ1n) is 7.26. The lowest BCUT2D eigenvalue weighted by molar-refractivity contribution is -2.00. The highest BCUT2D eigenvalue weighted by molar-refractivity contribution is 5.44. The molecule has 0 saturated carbocycles. The number of aryl methyl sites for hydroxylation is 1. The summed E-state index contributed by atoms with van der Waals surface area (Å²) in [5, 5.41) is 0. The standard InChI is InChI=1S/C16H21N2O.ClHO4/c1-15-9-6-7-13-18(15)19-14-8-12-17(2)16-10-4-3-5-11-16;2-1(3,4)5/h3-7,9-11,13H,8,12,14H2,1-2H3;(H,2,3,4,5)/q+1;/p-1. The molecule has 0 fully saturated rings. The lowest BCUT2D eigenvalue weighted by Crippen LogP contribution is -2.68. The van der Waals surface area contributed by atoms with E-state index in [1.807, 2.05) is 42.1 Å². The first-order valence-corrected chi connectivity index (χ1v) is 8.49. The molecule has 2 rings (SSSR count). The van der Waals surface area contributed by atoms with Crippen molar-refractivity contribution in [1.82, 2.24) is 0 Å². The van der Waals surface area contributed by atoms with Crippen LogP contribution in [0.4, 0.5) is 5.69 Å². The van der Waals surface area contributed by atoms with Gasteiger partial charge in [0.05, 0.1) is 0 Å². The van der Waals surface area contributed by atoms with Crippen molar-refractivity contribution >= 4 is 5.69 Å². The maximum Gasteiger partial charge on any atom is 0.231 e. The number of anilines is 1. The average molecular weight is 357 g/mol. The van der Waals surface area contributed by atoms with Crippen LogP contribution in [0, 0.1) is 17.2 Å². The second kappa shape index (κ2) is 10.1. The van der Waals surface area contributed by atoms with Crippen LogP contribution in [0.15, 0.2) is 54.7 Å². The molecule has 0 spiro atoms. The molecular weight excluding hydrogens is 336 g/mol. The van der Waals surface area contributed by atoms with Gasteiger partial charge in [0.1, 0.15) is 0 Å². The molecule has 0 unspecified atom stereocenters. The minimum atomic E-state index is -4.94. The van der Waals surface area contributed by atoms with Crippen molar-refractivity contribution in [3.05, 3.63) is 60.4 Å². The van der Waals surface area contributed by atoms with Crippen LogP contribution in [0.5, 0.6) is 0 Å². The summed E-state index contributed by atoms with van der Waals surface area (Å²) in [7, 11) is -2.84. The topological polar surface area (TPSA) is 109 Å². The van der Waals surface area contributed by atoms with E-state index in [-0.39, 0.29) is 0 Å². The van der Waals surface area contributed by atoms with Crippen LogP contribution in [0.25, 0.3) is 0 Å². The lowest BCUT2D eigenvalue weighted by Gasteiger charge is -2.18. The van der Waals surface area contributed by atoms with Gasteiger partial charge in [0, 0.05) is 49.5 Å². The van der Waals surface area contributed by atoms with Crippen molar-refractivity contribution in [2.75, 3.05) is 25.1 Å². The number of hydrogen-bond donors (Lipinski definition) is 0. The number of benzene rings is 1. The monoisotopic (exact) mass is 356 g/mol. The SMILES string of the molecule is Cc1cccc[n+]1OCCCN(C)c1ccccc1.[O-][Cl+3]([O-])([O-])[O-]. The minimum Gasteiger partial charge on any atom is -0.374 e. The summed E-state index contributed by atoms with van der Waals surface area (Å²) in [5.41, 5.74) is 2.35. The summed E-state index contributed by atoms with van der Waals surface area (Å²) in [6.07, 6.45) is 2.93. The molecule has 0 aliphatic rings. The molecule has 1 heterocycles. The Hall–Kier alpha value is -1.90. The highest BCUT2D eigenvalue weighted by atomic mass is 35.7. The van der Waals surface area contributed by atoms with Crippen molar-refractivity contribution in [2.45, 2.75) is 13.3 Å². The van der Waals surface area contributed by atoms with Gasteiger partial charge in [0.2, 0.25) is 11.9 Å². The Labute approximate surface area is 143 Å². The zero-order chi connectivity index (χ0) is 18.0. The highest BCUT2D eigenvalue weighted by Crippen LogP contribution is 2.10. The van der Waals surface area contributed by atoms with Crippen LogP contribution in [-0.2, 0) is 0 Å². The van der Waals surface area contributed by atoms with E-state index in [2.05, 4.69) is 36.2 Å². The summed E-state index contributed by atoms with van der Waals surface area (Å²) in [6.45, 7) is 3.74. The molecule has 0 N–H and O–H groups in total. The van der Waals surface area contributed by atoms with Crippen LogP contribution in [0.2, 0.25) is 0 Å². The molecule has 0 aliphatic heterocycles. The number of halogens is 1. The Balaban J connectivity index is 0.000000505. The summed E-state index contributed by atoms with van der Waals surface area (Å²) in [5.74, 6) is 0. The van der Waals surface area contributed by atoms with E-state index in [4.69, 9.17) is 23.5 Å². The zero-order valence-electron chi connectivity index (χ0n) is 13.6. The Kier molecular flexibility index (Phi) is 8.45. The summed E-state index contributed by atoms with van der Waals surface area (Å²) < 4.78 is 35.8. The van der Waals surface area contributed by atoms with Crippen LogP contribution in [0.1, 0.15) is 12.1 Å². The highest BCUT2D eigenvalue weighted by Gasteiger charge is 2.06. The average Bonchev–Trinajstić information content (AvgIpc) is 2.52. The molecule has 132 valence electrons. The Bertz CT molecular complexity index is 587. The normalized spacial score (nSPS) is 10.6. The van der Waals surface area contributed by atoms with E-state index < -0.39 is 10.2 Å². The molecule has 0 aliphatic carbocycles. The van der Waals surface area contributed by atoms with Gasteiger partial charge >= 0.3 is 0 Å². The molecule has 0 amide bonds. The molecule has 0 radical (unpaired) electrons. The molecular formula is C16H21ClN2O5. The minimum absolute atomic E-state index is 0.715. The third kappa shape index (κ3) is 9.29. The second-order valence-electron chi connectivity index (χ2n) is 4.99. The van der Waals surface area contributed by atoms with Crippen molar-refractivity contribution in [2.24, 2.45) is 0 Å². The number of rotatable bonds is 6. The zero-order valence-corrected chi connectivity index (χ0v) is 14.4. The van der Waals surface area contributed by atoms with Crippen molar-refractivity contribution < 1.29 is 38.4 Å². The molecule has 24 heavy (non-hydrogen) atoms. The Morgan fingerprint density at radius 1 is 1.00 bits per heavy atom.